The van der Waals surface area contributed by atoms with Crippen molar-refractivity contribution in [3.63, 3.8) is 0 Å². The van der Waals surface area contributed by atoms with Gasteiger partial charge >= 0.3 is 0 Å². The number of hydrogen-bond donors (Lipinski definition) is 1. The van der Waals surface area contributed by atoms with Crippen molar-refractivity contribution in [2.75, 3.05) is 13.1 Å². The van der Waals surface area contributed by atoms with E-state index in [9.17, 15) is 9.90 Å². The van der Waals surface area contributed by atoms with Gasteiger partial charge in [-0.15, -0.1) is 10.2 Å². The predicted octanol–water partition coefficient (Wildman–Crippen LogP) is 2.25. The maximum atomic E-state index is 12.9. The highest BCUT2D eigenvalue weighted by Crippen LogP contribution is 2.30. The quantitative estimate of drug-likeness (QED) is 0.769. The van der Waals surface area contributed by atoms with Crippen molar-refractivity contribution >= 4 is 5.91 Å². The third kappa shape index (κ3) is 3.73. The highest BCUT2D eigenvalue weighted by Gasteiger charge is 2.29. The van der Waals surface area contributed by atoms with Crippen molar-refractivity contribution in [1.29, 1.82) is 0 Å². The van der Waals surface area contributed by atoms with Gasteiger partial charge in [-0.2, -0.15) is 0 Å². The second kappa shape index (κ2) is 7.67. The molecular weight excluding hydrogens is 342 g/mol. The fourth-order valence-corrected chi connectivity index (χ4v) is 3.53. The van der Waals surface area contributed by atoms with Gasteiger partial charge in [0.05, 0.1) is 11.8 Å². The Morgan fingerprint density at radius 1 is 1.07 bits per heavy atom. The zero-order chi connectivity index (χ0) is 18.6. The number of rotatable bonds is 4. The van der Waals surface area contributed by atoms with Crippen LogP contribution >= 0.6 is 0 Å². The monoisotopic (exact) mass is 363 g/mol. The van der Waals surface area contributed by atoms with E-state index in [1.165, 1.54) is 0 Å². The van der Waals surface area contributed by atoms with Crippen molar-refractivity contribution < 1.29 is 9.90 Å². The number of hydrogen-bond acceptors (Lipinski definition) is 5. The minimum atomic E-state index is -0.583. The van der Waals surface area contributed by atoms with Crippen LogP contribution < -0.4 is 0 Å². The molecule has 4 rings (SSSR count). The maximum absolute atomic E-state index is 12.9. The van der Waals surface area contributed by atoms with Crippen LogP contribution in [0, 0.1) is 5.92 Å². The van der Waals surface area contributed by atoms with Crippen LogP contribution in [0.15, 0.2) is 61.3 Å². The molecule has 1 saturated heterocycles. The van der Waals surface area contributed by atoms with Gasteiger partial charge in [0, 0.05) is 30.5 Å². The van der Waals surface area contributed by atoms with Crippen molar-refractivity contribution in [3.05, 3.63) is 72.6 Å². The van der Waals surface area contributed by atoms with Crippen molar-refractivity contribution in [1.82, 2.24) is 24.6 Å². The standard InChI is InChI=1S/C20H21N5O2/c26-19(18-6-1-2-9-21-18)15-7-10-24(11-8-15)20(27)16-4-3-5-17(12-16)25-13-22-23-14-25/h1-6,9,12-15,19,26H,7-8,10-11H2. The Balaban J connectivity index is 1.41. The molecule has 1 atom stereocenters. The maximum Gasteiger partial charge on any atom is 0.253 e. The van der Waals surface area contributed by atoms with Gasteiger partial charge in [0.25, 0.3) is 5.91 Å². The number of carbonyl (C=O) groups excluding carboxylic acids is 1. The molecule has 2 aromatic heterocycles. The van der Waals surface area contributed by atoms with Crippen LogP contribution in [-0.4, -0.2) is 48.8 Å². The van der Waals surface area contributed by atoms with Gasteiger partial charge in [0.15, 0.2) is 0 Å². The van der Waals surface area contributed by atoms with E-state index in [-0.39, 0.29) is 11.8 Å². The average molecular weight is 363 g/mol. The summed E-state index contributed by atoms with van der Waals surface area (Å²) in [5, 5.41) is 18.2. The lowest BCUT2D eigenvalue weighted by Gasteiger charge is -2.34. The van der Waals surface area contributed by atoms with E-state index in [2.05, 4.69) is 15.2 Å². The van der Waals surface area contributed by atoms with Crippen molar-refractivity contribution in [3.8, 4) is 5.69 Å². The second-order valence-electron chi connectivity index (χ2n) is 6.75. The Labute approximate surface area is 157 Å². The van der Waals surface area contributed by atoms with Crippen LogP contribution in [0.1, 0.15) is 35.0 Å². The zero-order valence-electron chi connectivity index (χ0n) is 14.8. The number of benzene rings is 1. The van der Waals surface area contributed by atoms with E-state index in [1.54, 1.807) is 23.4 Å². The molecule has 1 fully saturated rings. The normalized spacial score (nSPS) is 16.3. The summed E-state index contributed by atoms with van der Waals surface area (Å²) in [7, 11) is 0. The molecule has 1 aliphatic heterocycles. The van der Waals surface area contributed by atoms with Gasteiger partial charge < -0.3 is 10.0 Å². The van der Waals surface area contributed by atoms with Crippen LogP contribution in [0.25, 0.3) is 5.69 Å². The second-order valence-corrected chi connectivity index (χ2v) is 6.75. The fourth-order valence-electron chi connectivity index (χ4n) is 3.53. The molecule has 1 aliphatic rings. The third-order valence-corrected chi connectivity index (χ3v) is 5.07. The Bertz CT molecular complexity index is 890. The molecule has 1 amide bonds. The highest BCUT2D eigenvalue weighted by atomic mass is 16.3. The number of aromatic nitrogens is 4. The molecule has 27 heavy (non-hydrogen) atoms. The number of likely N-dealkylation sites (tertiary alicyclic amines) is 1. The summed E-state index contributed by atoms with van der Waals surface area (Å²) >= 11 is 0. The number of aliphatic hydroxyl groups is 1. The van der Waals surface area contributed by atoms with Crippen LogP contribution in [0.2, 0.25) is 0 Å². The summed E-state index contributed by atoms with van der Waals surface area (Å²) in [5.41, 5.74) is 2.19. The van der Waals surface area contributed by atoms with Crippen LogP contribution in [-0.2, 0) is 0 Å². The predicted molar refractivity (Wildman–Crippen MR) is 99.2 cm³/mol. The van der Waals surface area contributed by atoms with Gasteiger partial charge in [0.2, 0.25) is 0 Å². The van der Waals surface area contributed by atoms with Gasteiger partial charge in [-0.05, 0) is 49.1 Å². The fraction of sp³-hybridized carbons (Fsp3) is 0.300. The van der Waals surface area contributed by atoms with E-state index in [0.29, 0.717) is 24.3 Å². The van der Waals surface area contributed by atoms with Crippen molar-refractivity contribution in [2.24, 2.45) is 5.92 Å². The van der Waals surface area contributed by atoms with E-state index >= 15 is 0 Å². The van der Waals surface area contributed by atoms with Gasteiger partial charge in [-0.3, -0.25) is 14.3 Å². The van der Waals surface area contributed by atoms with Gasteiger partial charge in [-0.1, -0.05) is 12.1 Å². The van der Waals surface area contributed by atoms with Crippen LogP contribution in [0.3, 0.4) is 0 Å². The molecule has 1 aromatic carbocycles. The van der Waals surface area contributed by atoms with E-state index in [4.69, 9.17) is 0 Å². The molecular formula is C20H21N5O2. The number of nitrogens with zero attached hydrogens (tertiary/aromatic N) is 5. The summed E-state index contributed by atoms with van der Waals surface area (Å²) in [6, 6.07) is 13.0. The molecule has 7 heteroatoms. The van der Waals surface area contributed by atoms with Gasteiger partial charge in [0.1, 0.15) is 12.7 Å². The number of carbonyl (C=O) groups is 1. The summed E-state index contributed by atoms with van der Waals surface area (Å²) in [6.07, 6.45) is 5.84. The lowest BCUT2D eigenvalue weighted by molar-refractivity contribution is 0.0447. The molecule has 0 aliphatic carbocycles. The van der Waals surface area contributed by atoms with Crippen LogP contribution in [0.5, 0.6) is 0 Å². The molecule has 1 unspecified atom stereocenters. The highest BCUT2D eigenvalue weighted by molar-refractivity contribution is 5.94. The van der Waals surface area contributed by atoms with Crippen LogP contribution in [0.4, 0.5) is 0 Å². The molecule has 3 heterocycles. The number of aliphatic hydroxyl groups excluding tert-OH is 1. The first-order valence-electron chi connectivity index (χ1n) is 9.06. The molecule has 0 saturated carbocycles. The molecule has 7 nitrogen and oxygen atoms in total. The largest absolute Gasteiger partial charge is 0.387 e. The summed E-state index contributed by atoms with van der Waals surface area (Å²) < 4.78 is 1.77. The van der Waals surface area contributed by atoms with E-state index in [1.807, 2.05) is 47.4 Å². The molecule has 1 N–H and O–H groups in total. The van der Waals surface area contributed by atoms with E-state index < -0.39 is 6.10 Å². The minimum absolute atomic E-state index is 0.00991. The number of piperidine rings is 1. The summed E-state index contributed by atoms with van der Waals surface area (Å²) in [5.74, 6) is 0.128. The van der Waals surface area contributed by atoms with E-state index in [0.717, 1.165) is 18.5 Å². The van der Waals surface area contributed by atoms with Crippen molar-refractivity contribution in [2.45, 2.75) is 18.9 Å². The lowest BCUT2D eigenvalue weighted by Crippen LogP contribution is -2.39. The third-order valence-electron chi connectivity index (χ3n) is 5.07. The smallest absolute Gasteiger partial charge is 0.253 e. The lowest BCUT2D eigenvalue weighted by atomic mass is 9.89. The molecule has 0 radical (unpaired) electrons. The topological polar surface area (TPSA) is 84.1 Å². The molecule has 3 aromatic rings. The summed E-state index contributed by atoms with van der Waals surface area (Å²) in [6.45, 7) is 1.26. The Hall–Kier alpha value is -3.06. The minimum Gasteiger partial charge on any atom is -0.387 e. The SMILES string of the molecule is O=C(c1cccc(-n2cnnc2)c1)N1CCC(C(O)c2ccccn2)CC1. The van der Waals surface area contributed by atoms with Gasteiger partial charge in [-0.25, -0.2) is 0 Å². The first kappa shape index (κ1) is 17.4. The first-order chi connectivity index (χ1) is 13.2. The Kier molecular flexibility index (Phi) is 4.93. The molecule has 0 spiro atoms. The molecule has 0 bridgehead atoms. The number of pyridine rings is 1. The zero-order valence-corrected chi connectivity index (χ0v) is 14.8. The Morgan fingerprint density at radius 2 is 1.85 bits per heavy atom. The first-order valence-corrected chi connectivity index (χ1v) is 9.06. The summed E-state index contributed by atoms with van der Waals surface area (Å²) in [4.78, 5) is 19.0. The number of amides is 1. The molecule has 138 valence electrons. The Morgan fingerprint density at radius 3 is 2.56 bits per heavy atom. The average Bonchev–Trinajstić information content (AvgIpc) is 3.29.